The van der Waals surface area contributed by atoms with Gasteiger partial charge < -0.3 is 10.6 Å². The van der Waals surface area contributed by atoms with E-state index >= 15 is 0 Å². The Hall–Kier alpha value is -2.11. The van der Waals surface area contributed by atoms with Crippen molar-refractivity contribution >= 4 is 22.6 Å². The summed E-state index contributed by atoms with van der Waals surface area (Å²) < 4.78 is 0. The molecule has 0 saturated heterocycles. The quantitative estimate of drug-likeness (QED) is 0.700. The summed E-state index contributed by atoms with van der Waals surface area (Å²) in [7, 11) is 0. The van der Waals surface area contributed by atoms with Gasteiger partial charge in [-0.3, -0.25) is 9.89 Å². The molecule has 1 amide bonds. The fraction of sp³-hybridized carbons (Fsp3) is 0.650. The van der Waals surface area contributed by atoms with Gasteiger partial charge >= 0.3 is 0 Å². The molecule has 1 saturated carbocycles. The molecule has 6 heteroatoms. The first kappa shape index (κ1) is 18.7. The maximum Gasteiger partial charge on any atom is 0.220 e. The molecular formula is C20H31N5O. The van der Waals surface area contributed by atoms with Gasteiger partial charge in [-0.1, -0.05) is 40.0 Å². The fourth-order valence-corrected chi connectivity index (χ4v) is 3.66. The number of rotatable bonds is 7. The van der Waals surface area contributed by atoms with Gasteiger partial charge in [0.1, 0.15) is 5.82 Å². The minimum Gasteiger partial charge on any atom is -0.367 e. The number of aromatic amines is 1. The number of nitrogens with zero attached hydrogens (tertiary/aromatic N) is 2. The highest BCUT2D eigenvalue weighted by atomic mass is 16.1. The highest BCUT2D eigenvalue weighted by Crippen LogP contribution is 2.31. The van der Waals surface area contributed by atoms with E-state index in [4.69, 9.17) is 0 Å². The summed E-state index contributed by atoms with van der Waals surface area (Å²) in [5.74, 6) is 1.49. The minimum absolute atomic E-state index is 0.0586. The first-order chi connectivity index (χ1) is 12.5. The minimum atomic E-state index is 0.0586. The molecule has 1 unspecified atom stereocenters. The zero-order valence-electron chi connectivity index (χ0n) is 16.1. The van der Waals surface area contributed by atoms with E-state index in [0.29, 0.717) is 24.9 Å². The molecule has 0 spiro atoms. The summed E-state index contributed by atoms with van der Waals surface area (Å²) in [6, 6.07) is 2.40. The number of hydrogen-bond donors (Lipinski definition) is 3. The van der Waals surface area contributed by atoms with Crippen molar-refractivity contribution in [3.63, 3.8) is 0 Å². The second kappa shape index (κ2) is 8.52. The van der Waals surface area contributed by atoms with Crippen LogP contribution in [-0.2, 0) is 4.79 Å². The van der Waals surface area contributed by atoms with Crippen LogP contribution in [0.4, 0.5) is 5.82 Å². The number of aromatic nitrogens is 3. The molecule has 3 rings (SSSR count). The van der Waals surface area contributed by atoms with Crippen molar-refractivity contribution in [1.82, 2.24) is 20.5 Å². The van der Waals surface area contributed by atoms with Crippen LogP contribution in [-0.4, -0.2) is 33.7 Å². The Morgan fingerprint density at radius 2 is 2.04 bits per heavy atom. The summed E-state index contributed by atoms with van der Waals surface area (Å²) in [6.45, 7) is 6.98. The number of anilines is 1. The normalized spacial score (nSPS) is 16.8. The summed E-state index contributed by atoms with van der Waals surface area (Å²) >= 11 is 0. The smallest absolute Gasteiger partial charge is 0.220 e. The number of fused-ring (bicyclic) bond motifs is 1. The van der Waals surface area contributed by atoms with E-state index in [1.165, 1.54) is 32.1 Å². The Morgan fingerprint density at radius 3 is 2.77 bits per heavy atom. The first-order valence-electron chi connectivity index (χ1n) is 9.90. The molecule has 1 atom stereocenters. The lowest BCUT2D eigenvalue weighted by atomic mass is 9.95. The lowest BCUT2D eigenvalue weighted by Crippen LogP contribution is -2.28. The third kappa shape index (κ3) is 4.54. The molecule has 1 aliphatic carbocycles. The maximum absolute atomic E-state index is 12.2. The second-order valence-electron chi connectivity index (χ2n) is 7.97. The molecule has 26 heavy (non-hydrogen) atoms. The zero-order chi connectivity index (χ0) is 18.5. The van der Waals surface area contributed by atoms with Crippen LogP contribution in [0.1, 0.15) is 70.9 Å². The van der Waals surface area contributed by atoms with E-state index in [1.54, 1.807) is 6.20 Å². The molecule has 3 N–H and O–H groups in total. The van der Waals surface area contributed by atoms with Gasteiger partial charge in [-0.25, -0.2) is 4.98 Å². The molecule has 2 aromatic rings. The molecule has 0 radical (unpaired) electrons. The summed E-state index contributed by atoms with van der Waals surface area (Å²) in [5.41, 5.74) is 1.90. The van der Waals surface area contributed by atoms with Gasteiger partial charge in [-0.2, -0.15) is 5.10 Å². The van der Waals surface area contributed by atoms with Gasteiger partial charge in [0.2, 0.25) is 5.91 Å². The van der Waals surface area contributed by atoms with Crippen LogP contribution in [0.15, 0.2) is 12.3 Å². The van der Waals surface area contributed by atoms with E-state index in [2.05, 4.69) is 46.6 Å². The summed E-state index contributed by atoms with van der Waals surface area (Å²) in [5, 5.41) is 15.2. The predicted octanol–water partition coefficient (Wildman–Crippen LogP) is 3.97. The van der Waals surface area contributed by atoms with E-state index in [1.807, 2.05) is 6.07 Å². The monoisotopic (exact) mass is 357 g/mol. The van der Waals surface area contributed by atoms with Gasteiger partial charge in [-0.15, -0.1) is 0 Å². The number of carbonyl (C=O) groups excluding carboxylic acids is 1. The van der Waals surface area contributed by atoms with Crippen LogP contribution in [0, 0.1) is 5.92 Å². The third-order valence-electron chi connectivity index (χ3n) is 5.13. The Kier molecular flexibility index (Phi) is 6.12. The summed E-state index contributed by atoms with van der Waals surface area (Å²) in [4.78, 5) is 16.8. The van der Waals surface area contributed by atoms with Gasteiger partial charge in [0.25, 0.3) is 0 Å². The van der Waals surface area contributed by atoms with Crippen LogP contribution in [0.5, 0.6) is 0 Å². The molecule has 6 nitrogen and oxygen atoms in total. The van der Waals surface area contributed by atoms with Crippen molar-refractivity contribution < 1.29 is 4.79 Å². The number of nitrogens with one attached hydrogen (secondary N) is 3. The lowest BCUT2D eigenvalue weighted by molar-refractivity contribution is -0.121. The average Bonchev–Trinajstić information content (AvgIpc) is 3.06. The average molecular weight is 358 g/mol. The molecule has 0 aromatic carbocycles. The fourth-order valence-electron chi connectivity index (χ4n) is 3.66. The zero-order valence-corrected chi connectivity index (χ0v) is 16.1. The standard InChI is InChI=1S/C20H31N5O/c1-13(2)12-22-17(26)11-14(3)19-18-16(24-25-19)9-10-21-20(18)23-15-7-5-4-6-8-15/h9-10,13-15H,4-8,11-12H2,1-3H3,(H,21,23)(H,22,26)(H,24,25). The van der Waals surface area contributed by atoms with Crippen LogP contribution >= 0.6 is 0 Å². The van der Waals surface area contributed by atoms with Crippen molar-refractivity contribution in [2.24, 2.45) is 5.92 Å². The molecule has 2 aromatic heterocycles. The molecule has 1 fully saturated rings. The number of carbonyl (C=O) groups is 1. The van der Waals surface area contributed by atoms with Gasteiger partial charge in [-0.05, 0) is 24.8 Å². The van der Waals surface area contributed by atoms with Crippen molar-refractivity contribution in [3.05, 3.63) is 18.0 Å². The Labute approximate surface area is 155 Å². The Balaban J connectivity index is 1.76. The van der Waals surface area contributed by atoms with Crippen LogP contribution < -0.4 is 10.6 Å². The molecule has 0 aliphatic heterocycles. The lowest BCUT2D eigenvalue weighted by Gasteiger charge is -2.24. The topological polar surface area (TPSA) is 82.7 Å². The SMILES string of the molecule is CC(C)CNC(=O)CC(C)c1[nH]nc2ccnc(NC3CCCCC3)c12. The van der Waals surface area contributed by atoms with Crippen molar-refractivity contribution in [2.45, 2.75) is 71.3 Å². The number of hydrogen-bond acceptors (Lipinski definition) is 4. The number of amides is 1. The molecule has 142 valence electrons. The van der Waals surface area contributed by atoms with E-state index < -0.39 is 0 Å². The Morgan fingerprint density at radius 1 is 1.27 bits per heavy atom. The van der Waals surface area contributed by atoms with Crippen LogP contribution in [0.2, 0.25) is 0 Å². The summed E-state index contributed by atoms with van der Waals surface area (Å²) in [6.07, 6.45) is 8.52. The predicted molar refractivity (Wildman–Crippen MR) is 105 cm³/mol. The first-order valence-corrected chi connectivity index (χ1v) is 9.90. The Bertz CT molecular complexity index is 733. The number of pyridine rings is 1. The van der Waals surface area contributed by atoms with Gasteiger partial charge in [0.15, 0.2) is 0 Å². The highest BCUT2D eigenvalue weighted by Gasteiger charge is 2.21. The molecular weight excluding hydrogens is 326 g/mol. The van der Waals surface area contributed by atoms with Crippen LogP contribution in [0.3, 0.4) is 0 Å². The molecule has 2 heterocycles. The van der Waals surface area contributed by atoms with Crippen LogP contribution in [0.25, 0.3) is 10.9 Å². The largest absolute Gasteiger partial charge is 0.367 e. The van der Waals surface area contributed by atoms with E-state index in [-0.39, 0.29) is 11.8 Å². The second-order valence-corrected chi connectivity index (χ2v) is 7.97. The molecule has 0 bridgehead atoms. The number of H-pyrrole nitrogens is 1. The highest BCUT2D eigenvalue weighted by molar-refractivity contribution is 5.92. The van der Waals surface area contributed by atoms with Crippen molar-refractivity contribution in [2.75, 3.05) is 11.9 Å². The van der Waals surface area contributed by atoms with Crippen molar-refractivity contribution in [3.8, 4) is 0 Å². The third-order valence-corrected chi connectivity index (χ3v) is 5.13. The van der Waals surface area contributed by atoms with Gasteiger partial charge in [0, 0.05) is 31.1 Å². The van der Waals surface area contributed by atoms with E-state index in [0.717, 1.165) is 22.4 Å². The molecule has 1 aliphatic rings. The maximum atomic E-state index is 12.2. The van der Waals surface area contributed by atoms with E-state index in [9.17, 15) is 4.79 Å². The van der Waals surface area contributed by atoms with Crippen molar-refractivity contribution in [1.29, 1.82) is 0 Å². The van der Waals surface area contributed by atoms with Gasteiger partial charge in [0.05, 0.1) is 16.6 Å².